The number of carbonyl (C=O) groups excluding carboxylic acids is 1. The summed E-state index contributed by atoms with van der Waals surface area (Å²) in [6, 6.07) is 10.8. The molecule has 0 bridgehead atoms. The Balaban J connectivity index is 1.77. The summed E-state index contributed by atoms with van der Waals surface area (Å²) in [5.41, 5.74) is 3.30. The molecule has 0 spiro atoms. The lowest BCUT2D eigenvalue weighted by atomic mass is 10.1. The van der Waals surface area contributed by atoms with Crippen molar-refractivity contribution in [1.29, 1.82) is 0 Å². The van der Waals surface area contributed by atoms with Crippen molar-refractivity contribution in [1.82, 2.24) is 20.1 Å². The van der Waals surface area contributed by atoms with Crippen molar-refractivity contribution >= 4 is 17.4 Å². The zero-order valence-corrected chi connectivity index (χ0v) is 15.9. The Bertz CT molecular complexity index is 934. The number of amides is 1. The first-order valence-corrected chi connectivity index (χ1v) is 8.65. The molecule has 1 amide bonds. The molecular weight excluding hydrogens is 342 g/mol. The minimum atomic E-state index is -0.199. The molecule has 2 N–H and O–H groups in total. The van der Waals surface area contributed by atoms with E-state index >= 15 is 0 Å². The van der Waals surface area contributed by atoms with Gasteiger partial charge in [-0.05, 0) is 50.2 Å². The Hall–Kier alpha value is -3.35. The van der Waals surface area contributed by atoms with Crippen LogP contribution in [0.2, 0.25) is 0 Å². The molecule has 3 aromatic rings. The number of rotatable bonds is 6. The van der Waals surface area contributed by atoms with Crippen LogP contribution in [0.1, 0.15) is 34.6 Å². The third-order valence-corrected chi connectivity index (χ3v) is 4.49. The molecule has 2 heterocycles. The zero-order chi connectivity index (χ0) is 19.4. The molecule has 7 heteroatoms. The van der Waals surface area contributed by atoms with E-state index in [0.717, 1.165) is 22.7 Å². The fourth-order valence-electron chi connectivity index (χ4n) is 2.79. The van der Waals surface area contributed by atoms with Gasteiger partial charge in [0.15, 0.2) is 0 Å². The highest BCUT2D eigenvalue weighted by Crippen LogP contribution is 2.22. The van der Waals surface area contributed by atoms with Gasteiger partial charge in [0.1, 0.15) is 11.6 Å². The van der Waals surface area contributed by atoms with Gasteiger partial charge in [-0.2, -0.15) is 5.10 Å². The summed E-state index contributed by atoms with van der Waals surface area (Å²) in [6.45, 7) is 3.92. The van der Waals surface area contributed by atoms with Crippen LogP contribution < -0.4 is 15.4 Å². The summed E-state index contributed by atoms with van der Waals surface area (Å²) in [5, 5.41) is 10.4. The zero-order valence-electron chi connectivity index (χ0n) is 15.9. The second kappa shape index (κ2) is 7.90. The quantitative estimate of drug-likeness (QED) is 0.700. The van der Waals surface area contributed by atoms with E-state index in [2.05, 4.69) is 20.7 Å². The molecule has 0 aliphatic heterocycles. The average Bonchev–Trinajstić information content (AvgIpc) is 3.01. The van der Waals surface area contributed by atoms with E-state index in [9.17, 15) is 4.79 Å². The van der Waals surface area contributed by atoms with Crippen LogP contribution >= 0.6 is 0 Å². The molecule has 0 aliphatic carbocycles. The van der Waals surface area contributed by atoms with Crippen molar-refractivity contribution in [3.8, 4) is 5.75 Å². The van der Waals surface area contributed by atoms with Crippen molar-refractivity contribution < 1.29 is 9.53 Å². The Morgan fingerprint density at radius 1 is 1.22 bits per heavy atom. The first-order valence-electron chi connectivity index (χ1n) is 8.65. The van der Waals surface area contributed by atoms with Crippen molar-refractivity contribution in [2.75, 3.05) is 12.4 Å². The number of nitrogens with zero attached hydrogens (tertiary/aromatic N) is 3. The predicted molar refractivity (Wildman–Crippen MR) is 104 cm³/mol. The summed E-state index contributed by atoms with van der Waals surface area (Å²) in [4.78, 5) is 17.1. The molecule has 140 valence electrons. The van der Waals surface area contributed by atoms with Crippen LogP contribution in [0.25, 0.3) is 0 Å². The molecule has 0 saturated carbocycles. The normalized spacial score (nSPS) is 11.7. The summed E-state index contributed by atoms with van der Waals surface area (Å²) >= 11 is 0. The van der Waals surface area contributed by atoms with Crippen molar-refractivity contribution in [2.45, 2.75) is 19.9 Å². The number of methoxy groups -OCH3 is 1. The van der Waals surface area contributed by atoms with E-state index < -0.39 is 0 Å². The first kappa shape index (κ1) is 18.4. The number of hydrogen-bond donors (Lipinski definition) is 2. The van der Waals surface area contributed by atoms with Gasteiger partial charge in [0.25, 0.3) is 5.91 Å². The summed E-state index contributed by atoms with van der Waals surface area (Å²) in [7, 11) is 3.50. The molecule has 0 aliphatic rings. The Labute approximate surface area is 158 Å². The van der Waals surface area contributed by atoms with Gasteiger partial charge in [0, 0.05) is 30.2 Å². The van der Waals surface area contributed by atoms with Gasteiger partial charge in [-0.1, -0.05) is 0 Å². The second-order valence-electron chi connectivity index (χ2n) is 6.26. The van der Waals surface area contributed by atoms with E-state index in [0.29, 0.717) is 11.4 Å². The largest absolute Gasteiger partial charge is 0.497 e. The molecule has 0 fully saturated rings. The molecule has 3 rings (SSSR count). The third-order valence-electron chi connectivity index (χ3n) is 4.49. The van der Waals surface area contributed by atoms with Crippen molar-refractivity contribution in [3.05, 3.63) is 65.6 Å². The standard InChI is InChI=1S/C20H23N5O2/c1-13(18-12-22-25(3)14(18)2)23-20(26)17-6-5-11-21-19(17)24-15-7-9-16(27-4)10-8-15/h5-13H,1-4H3,(H,21,24)(H,23,26)/t13-/m0/s1. The molecule has 2 aromatic heterocycles. The minimum Gasteiger partial charge on any atom is -0.497 e. The van der Waals surface area contributed by atoms with E-state index in [-0.39, 0.29) is 11.9 Å². The molecule has 0 unspecified atom stereocenters. The number of aryl methyl sites for hydroxylation is 1. The van der Waals surface area contributed by atoms with Crippen LogP contribution in [-0.4, -0.2) is 27.8 Å². The molecule has 0 saturated heterocycles. The Kier molecular flexibility index (Phi) is 5.40. The number of ether oxygens (including phenoxy) is 1. The number of anilines is 2. The lowest BCUT2D eigenvalue weighted by Gasteiger charge is -2.16. The maximum Gasteiger partial charge on any atom is 0.255 e. The topological polar surface area (TPSA) is 81.1 Å². The summed E-state index contributed by atoms with van der Waals surface area (Å²) in [6.07, 6.45) is 3.43. The average molecular weight is 365 g/mol. The number of carbonyl (C=O) groups is 1. The van der Waals surface area contributed by atoms with Gasteiger partial charge >= 0.3 is 0 Å². The van der Waals surface area contributed by atoms with Crippen molar-refractivity contribution in [2.24, 2.45) is 7.05 Å². The highest BCUT2D eigenvalue weighted by Gasteiger charge is 2.18. The van der Waals surface area contributed by atoms with Crippen LogP contribution in [-0.2, 0) is 7.05 Å². The van der Waals surface area contributed by atoms with E-state index in [1.165, 1.54) is 0 Å². The SMILES string of the molecule is COc1ccc(Nc2ncccc2C(=O)N[C@@H](C)c2cnn(C)c2C)cc1. The predicted octanol–water partition coefficient (Wildman–Crippen LogP) is 3.37. The maximum atomic E-state index is 12.8. The van der Waals surface area contributed by atoms with Gasteiger partial charge < -0.3 is 15.4 Å². The summed E-state index contributed by atoms with van der Waals surface area (Å²) < 4.78 is 6.95. The molecule has 1 aromatic carbocycles. The van der Waals surface area contributed by atoms with Crippen LogP contribution in [0, 0.1) is 6.92 Å². The number of aromatic nitrogens is 3. The van der Waals surface area contributed by atoms with Crippen LogP contribution in [0.4, 0.5) is 11.5 Å². The lowest BCUT2D eigenvalue weighted by molar-refractivity contribution is 0.0940. The molecule has 0 radical (unpaired) electrons. The van der Waals surface area contributed by atoms with E-state index in [4.69, 9.17) is 4.74 Å². The van der Waals surface area contributed by atoms with Gasteiger partial charge in [-0.15, -0.1) is 0 Å². The number of hydrogen-bond acceptors (Lipinski definition) is 5. The highest BCUT2D eigenvalue weighted by atomic mass is 16.5. The van der Waals surface area contributed by atoms with Gasteiger partial charge in [0.2, 0.25) is 0 Å². The molecule has 7 nitrogen and oxygen atoms in total. The molecule has 1 atom stereocenters. The lowest BCUT2D eigenvalue weighted by Crippen LogP contribution is -2.27. The van der Waals surface area contributed by atoms with E-state index in [1.54, 1.807) is 36.3 Å². The van der Waals surface area contributed by atoms with Crippen LogP contribution in [0.5, 0.6) is 5.75 Å². The smallest absolute Gasteiger partial charge is 0.255 e. The van der Waals surface area contributed by atoms with Gasteiger partial charge in [-0.25, -0.2) is 4.98 Å². The number of nitrogens with one attached hydrogen (secondary N) is 2. The maximum absolute atomic E-state index is 12.8. The van der Waals surface area contributed by atoms with Crippen molar-refractivity contribution in [3.63, 3.8) is 0 Å². The monoisotopic (exact) mass is 365 g/mol. The molecule has 27 heavy (non-hydrogen) atoms. The molecular formula is C20H23N5O2. The second-order valence-corrected chi connectivity index (χ2v) is 6.26. The summed E-state index contributed by atoms with van der Waals surface area (Å²) in [5.74, 6) is 1.06. The fourth-order valence-corrected chi connectivity index (χ4v) is 2.79. The first-order chi connectivity index (χ1) is 13.0. The Morgan fingerprint density at radius 2 is 1.96 bits per heavy atom. The van der Waals surface area contributed by atoms with Gasteiger partial charge in [-0.3, -0.25) is 9.48 Å². The van der Waals surface area contributed by atoms with Crippen LogP contribution in [0.15, 0.2) is 48.8 Å². The minimum absolute atomic E-state index is 0.166. The highest BCUT2D eigenvalue weighted by molar-refractivity contribution is 5.99. The fraction of sp³-hybridized carbons (Fsp3) is 0.250. The van der Waals surface area contributed by atoms with E-state index in [1.807, 2.05) is 45.2 Å². The third kappa shape index (κ3) is 4.08. The number of benzene rings is 1. The Morgan fingerprint density at radius 3 is 2.59 bits per heavy atom. The van der Waals surface area contributed by atoms with Crippen LogP contribution in [0.3, 0.4) is 0 Å². The number of pyridine rings is 1. The van der Waals surface area contributed by atoms with Gasteiger partial charge in [0.05, 0.1) is 24.9 Å².